The summed E-state index contributed by atoms with van der Waals surface area (Å²) in [6.07, 6.45) is 2.35. The molecule has 0 aromatic carbocycles. The van der Waals surface area contributed by atoms with Crippen molar-refractivity contribution in [1.29, 1.82) is 0 Å². The molecule has 1 aromatic heterocycles. The molecule has 74 valence electrons. The van der Waals surface area contributed by atoms with Gasteiger partial charge in [0.1, 0.15) is 0 Å². The second kappa shape index (κ2) is 8.07. The van der Waals surface area contributed by atoms with Gasteiger partial charge in [0, 0.05) is 12.3 Å². The summed E-state index contributed by atoms with van der Waals surface area (Å²) in [7, 11) is 0. The molecule has 0 bridgehead atoms. The molecular weight excluding hydrogens is 204 g/mol. The minimum atomic E-state index is 0.645. The van der Waals surface area contributed by atoms with E-state index in [1.807, 2.05) is 13.8 Å². The predicted octanol–water partition coefficient (Wildman–Crippen LogP) is 2.32. The fourth-order valence-electron chi connectivity index (χ4n) is 0.586. The molecule has 1 aromatic rings. The number of hydrogen-bond acceptors (Lipinski definition) is 5. The van der Waals surface area contributed by atoms with E-state index in [4.69, 9.17) is 0 Å². The number of thiazole rings is 1. The molecule has 1 rings (SSSR count). The zero-order valence-corrected chi connectivity index (χ0v) is 9.49. The fraction of sp³-hybridized carbons (Fsp3) is 0.500. The quantitative estimate of drug-likeness (QED) is 0.602. The maximum absolute atomic E-state index is 10.2. The lowest BCUT2D eigenvalue weighted by molar-refractivity contribution is 0.112. The average Bonchev–Trinajstić information content (AvgIpc) is 2.65. The summed E-state index contributed by atoms with van der Waals surface area (Å²) in [6, 6.07) is 0. The minimum absolute atomic E-state index is 0.645. The van der Waals surface area contributed by atoms with Crippen LogP contribution in [-0.2, 0) is 0 Å². The fourth-order valence-corrected chi connectivity index (χ4v) is 1.35. The Balaban J connectivity index is 0.000000671. The first-order chi connectivity index (χ1) is 6.36. The highest BCUT2D eigenvalue weighted by Gasteiger charge is 1.97. The van der Waals surface area contributed by atoms with Crippen molar-refractivity contribution in [2.24, 2.45) is 0 Å². The lowest BCUT2D eigenvalue weighted by Gasteiger charge is -1.95. The maximum Gasteiger partial charge on any atom is 0.183 e. The number of nitrogens with one attached hydrogen (secondary N) is 1. The van der Waals surface area contributed by atoms with Crippen molar-refractivity contribution in [3.8, 4) is 0 Å². The number of hydrogen-bond donors (Lipinski definition) is 2. The van der Waals surface area contributed by atoms with E-state index in [9.17, 15) is 4.79 Å². The Labute approximate surface area is 88.0 Å². The largest absolute Gasteiger partial charge is 0.361 e. The molecule has 0 aliphatic heterocycles. The van der Waals surface area contributed by atoms with Crippen LogP contribution in [0.2, 0.25) is 0 Å². The number of rotatable bonds is 4. The number of nitrogens with zero attached hydrogens (tertiary/aromatic N) is 1. The molecule has 0 aliphatic rings. The van der Waals surface area contributed by atoms with Crippen LogP contribution >= 0.6 is 24.0 Å². The zero-order chi connectivity index (χ0) is 10.1. The SMILES string of the molecule is CC.O=Cc1cnc(NCCS)s1. The van der Waals surface area contributed by atoms with Crippen LogP contribution < -0.4 is 5.32 Å². The predicted molar refractivity (Wildman–Crippen MR) is 61.2 cm³/mol. The Morgan fingerprint density at radius 1 is 1.69 bits per heavy atom. The third-order valence-electron chi connectivity index (χ3n) is 1.03. The van der Waals surface area contributed by atoms with Crippen molar-refractivity contribution in [2.45, 2.75) is 13.8 Å². The standard InChI is InChI=1S/C6H8N2OS2.C2H6/c9-4-5-3-8-6(11-5)7-1-2-10;1-2/h3-4,10H,1-2H2,(H,7,8);1-2H3. The number of thiol groups is 1. The molecule has 0 atom stereocenters. The van der Waals surface area contributed by atoms with Crippen LogP contribution in [0.3, 0.4) is 0 Å². The number of carbonyl (C=O) groups is 1. The number of aldehydes is 1. The molecule has 5 heteroatoms. The number of aromatic nitrogens is 1. The van der Waals surface area contributed by atoms with Crippen LogP contribution in [0.15, 0.2) is 6.20 Å². The van der Waals surface area contributed by atoms with Gasteiger partial charge in [0.05, 0.1) is 11.1 Å². The molecule has 0 saturated heterocycles. The smallest absolute Gasteiger partial charge is 0.183 e. The Kier molecular flexibility index (Phi) is 7.73. The van der Waals surface area contributed by atoms with Crippen LogP contribution in [0.1, 0.15) is 23.5 Å². The lowest BCUT2D eigenvalue weighted by Crippen LogP contribution is -2.01. The summed E-state index contributed by atoms with van der Waals surface area (Å²) in [6.45, 7) is 4.77. The van der Waals surface area contributed by atoms with Crippen molar-refractivity contribution in [3.63, 3.8) is 0 Å². The maximum atomic E-state index is 10.2. The van der Waals surface area contributed by atoms with Gasteiger partial charge >= 0.3 is 0 Å². The highest BCUT2D eigenvalue weighted by Crippen LogP contribution is 2.15. The van der Waals surface area contributed by atoms with Gasteiger partial charge in [-0.25, -0.2) is 4.98 Å². The summed E-state index contributed by atoms with van der Waals surface area (Å²) in [5.41, 5.74) is 0. The Morgan fingerprint density at radius 3 is 2.85 bits per heavy atom. The highest BCUT2D eigenvalue weighted by molar-refractivity contribution is 7.80. The first kappa shape index (κ1) is 12.4. The van der Waals surface area contributed by atoms with Crippen LogP contribution in [0.4, 0.5) is 5.13 Å². The average molecular weight is 218 g/mol. The first-order valence-corrected chi connectivity index (χ1v) is 5.57. The van der Waals surface area contributed by atoms with E-state index in [0.29, 0.717) is 4.88 Å². The first-order valence-electron chi connectivity index (χ1n) is 4.12. The van der Waals surface area contributed by atoms with Gasteiger partial charge < -0.3 is 5.32 Å². The molecule has 13 heavy (non-hydrogen) atoms. The molecule has 0 radical (unpaired) electrons. The molecule has 0 saturated carbocycles. The third-order valence-corrected chi connectivity index (χ3v) is 2.13. The van der Waals surface area contributed by atoms with E-state index in [1.54, 1.807) is 6.20 Å². The summed E-state index contributed by atoms with van der Waals surface area (Å²) >= 11 is 5.37. The van der Waals surface area contributed by atoms with E-state index >= 15 is 0 Å². The topological polar surface area (TPSA) is 42.0 Å². The molecule has 0 aliphatic carbocycles. The van der Waals surface area contributed by atoms with Gasteiger partial charge in [-0.05, 0) is 0 Å². The Hall–Kier alpha value is -0.550. The number of anilines is 1. The minimum Gasteiger partial charge on any atom is -0.361 e. The van der Waals surface area contributed by atoms with Gasteiger partial charge in [0.2, 0.25) is 0 Å². The van der Waals surface area contributed by atoms with Crippen molar-refractivity contribution in [1.82, 2.24) is 4.98 Å². The molecule has 0 spiro atoms. The van der Waals surface area contributed by atoms with Gasteiger partial charge in [-0.15, -0.1) is 0 Å². The summed E-state index contributed by atoms with van der Waals surface area (Å²) < 4.78 is 0. The van der Waals surface area contributed by atoms with E-state index in [-0.39, 0.29) is 0 Å². The van der Waals surface area contributed by atoms with Gasteiger partial charge in [0.25, 0.3) is 0 Å². The Bertz CT molecular complexity index is 238. The monoisotopic (exact) mass is 218 g/mol. The van der Waals surface area contributed by atoms with Crippen molar-refractivity contribution >= 4 is 35.4 Å². The van der Waals surface area contributed by atoms with Crippen LogP contribution in [0.25, 0.3) is 0 Å². The summed E-state index contributed by atoms with van der Waals surface area (Å²) in [4.78, 5) is 14.8. The second-order valence-electron chi connectivity index (χ2n) is 1.84. The van der Waals surface area contributed by atoms with Gasteiger partial charge in [-0.1, -0.05) is 25.2 Å². The van der Waals surface area contributed by atoms with Crippen LogP contribution in [-0.4, -0.2) is 23.6 Å². The van der Waals surface area contributed by atoms with Gasteiger partial charge in [-0.2, -0.15) is 12.6 Å². The lowest BCUT2D eigenvalue weighted by atomic mass is 10.6. The van der Waals surface area contributed by atoms with E-state index in [2.05, 4.69) is 22.9 Å². The van der Waals surface area contributed by atoms with Crippen molar-refractivity contribution < 1.29 is 4.79 Å². The summed E-state index contributed by atoms with van der Waals surface area (Å²) in [5.74, 6) is 0.760. The summed E-state index contributed by atoms with van der Waals surface area (Å²) in [5, 5.41) is 3.80. The van der Waals surface area contributed by atoms with Crippen molar-refractivity contribution in [2.75, 3.05) is 17.6 Å². The van der Waals surface area contributed by atoms with Gasteiger partial charge in [-0.3, -0.25) is 4.79 Å². The van der Waals surface area contributed by atoms with Crippen LogP contribution in [0, 0.1) is 0 Å². The van der Waals surface area contributed by atoms with E-state index in [0.717, 1.165) is 23.7 Å². The normalized spacial score (nSPS) is 8.54. The highest BCUT2D eigenvalue weighted by atomic mass is 32.1. The third kappa shape index (κ3) is 4.90. The van der Waals surface area contributed by atoms with Crippen LogP contribution in [0.5, 0.6) is 0 Å². The Morgan fingerprint density at radius 2 is 2.38 bits per heavy atom. The molecule has 3 nitrogen and oxygen atoms in total. The molecule has 0 amide bonds. The molecule has 1 N–H and O–H groups in total. The zero-order valence-electron chi connectivity index (χ0n) is 7.78. The van der Waals surface area contributed by atoms with E-state index in [1.165, 1.54) is 11.3 Å². The number of carbonyl (C=O) groups excluding carboxylic acids is 1. The van der Waals surface area contributed by atoms with Gasteiger partial charge in [0.15, 0.2) is 11.4 Å². The molecule has 0 unspecified atom stereocenters. The molecule has 0 fully saturated rings. The second-order valence-corrected chi connectivity index (χ2v) is 3.35. The molecule has 1 heterocycles. The van der Waals surface area contributed by atoms with E-state index < -0.39 is 0 Å². The van der Waals surface area contributed by atoms with Crippen molar-refractivity contribution in [3.05, 3.63) is 11.1 Å². The molecular formula is C8H14N2OS2.